The lowest BCUT2D eigenvalue weighted by Gasteiger charge is -2.21. The van der Waals surface area contributed by atoms with Crippen LogP contribution < -0.4 is 23.8 Å². The van der Waals surface area contributed by atoms with Gasteiger partial charge >= 0.3 is 0 Å². The largest absolute Gasteiger partial charge is 0.497 e. The van der Waals surface area contributed by atoms with E-state index in [2.05, 4.69) is 5.32 Å². The molecule has 4 rings (SSSR count). The number of ether oxygens (including phenoxy) is 3. The summed E-state index contributed by atoms with van der Waals surface area (Å²) in [7, 11) is -0.769. The van der Waals surface area contributed by atoms with Crippen molar-refractivity contribution in [2.75, 3.05) is 31.7 Å². The number of carbonyl (C=O) groups is 1. The standard InChI is InChI=1S/C25H26N2O6S/c1-17(19-6-13-23-24(16-19)33-15-14-32-23)26-25(28)18-4-7-20(8-5-18)27(2)34(29,30)22-11-9-21(31-3)10-12-22/h4-13,16-17H,14-15H2,1-3H3,(H,26,28). The molecule has 0 bridgehead atoms. The van der Waals surface area contributed by atoms with Gasteiger partial charge in [-0.15, -0.1) is 0 Å². The third kappa shape index (κ3) is 4.79. The summed E-state index contributed by atoms with van der Waals surface area (Å²) in [6, 6.07) is 17.9. The molecular weight excluding hydrogens is 456 g/mol. The summed E-state index contributed by atoms with van der Waals surface area (Å²) >= 11 is 0. The maximum atomic E-state index is 12.9. The number of nitrogens with zero attached hydrogens (tertiary/aromatic N) is 1. The second-order valence-corrected chi connectivity index (χ2v) is 9.76. The molecule has 1 atom stereocenters. The van der Waals surface area contributed by atoms with Gasteiger partial charge < -0.3 is 19.5 Å². The molecule has 0 aliphatic carbocycles. The zero-order valence-electron chi connectivity index (χ0n) is 19.1. The molecule has 3 aromatic rings. The van der Waals surface area contributed by atoms with Crippen LogP contribution in [0.4, 0.5) is 5.69 Å². The molecule has 1 aliphatic rings. The molecular formula is C25H26N2O6S. The van der Waals surface area contributed by atoms with E-state index in [4.69, 9.17) is 14.2 Å². The number of carbonyl (C=O) groups excluding carboxylic acids is 1. The molecule has 0 saturated carbocycles. The Balaban J connectivity index is 1.44. The van der Waals surface area contributed by atoms with Gasteiger partial charge in [0.25, 0.3) is 15.9 Å². The smallest absolute Gasteiger partial charge is 0.264 e. The summed E-state index contributed by atoms with van der Waals surface area (Å²) in [5.41, 5.74) is 1.75. The van der Waals surface area contributed by atoms with Crippen LogP contribution in [0.5, 0.6) is 17.2 Å². The monoisotopic (exact) mass is 482 g/mol. The van der Waals surface area contributed by atoms with Gasteiger partial charge in [0.15, 0.2) is 11.5 Å². The topological polar surface area (TPSA) is 94.2 Å². The molecule has 9 heteroatoms. The van der Waals surface area contributed by atoms with E-state index >= 15 is 0 Å². The van der Waals surface area contributed by atoms with Gasteiger partial charge in [-0.3, -0.25) is 9.10 Å². The van der Waals surface area contributed by atoms with E-state index in [9.17, 15) is 13.2 Å². The Hall–Kier alpha value is -3.72. The molecule has 1 amide bonds. The van der Waals surface area contributed by atoms with Crippen molar-refractivity contribution in [1.82, 2.24) is 5.32 Å². The highest BCUT2D eigenvalue weighted by molar-refractivity contribution is 7.92. The third-order valence-corrected chi connectivity index (χ3v) is 7.42. The van der Waals surface area contributed by atoms with E-state index in [1.165, 1.54) is 30.6 Å². The fraction of sp³-hybridized carbons (Fsp3) is 0.240. The van der Waals surface area contributed by atoms with Crippen LogP contribution >= 0.6 is 0 Å². The molecule has 0 spiro atoms. The second kappa shape index (κ2) is 9.64. The van der Waals surface area contributed by atoms with Crippen LogP contribution in [0.15, 0.2) is 71.6 Å². The van der Waals surface area contributed by atoms with Crippen molar-refractivity contribution < 1.29 is 27.4 Å². The molecule has 1 aliphatic heterocycles. The Bertz CT molecular complexity index is 1270. The van der Waals surface area contributed by atoms with Crippen LogP contribution in [0, 0.1) is 0 Å². The van der Waals surface area contributed by atoms with Crippen LogP contribution in [0.2, 0.25) is 0 Å². The fourth-order valence-corrected chi connectivity index (χ4v) is 4.76. The van der Waals surface area contributed by atoms with E-state index in [1.807, 2.05) is 25.1 Å². The minimum atomic E-state index is -3.76. The minimum Gasteiger partial charge on any atom is -0.497 e. The van der Waals surface area contributed by atoms with Crippen molar-refractivity contribution in [1.29, 1.82) is 0 Å². The fourth-order valence-electron chi connectivity index (χ4n) is 3.56. The Labute approximate surface area is 199 Å². The van der Waals surface area contributed by atoms with E-state index in [1.54, 1.807) is 36.4 Å². The van der Waals surface area contributed by atoms with Crippen molar-refractivity contribution in [2.45, 2.75) is 17.9 Å². The molecule has 0 saturated heterocycles. The molecule has 178 valence electrons. The Morgan fingerprint density at radius 1 is 0.971 bits per heavy atom. The predicted octanol–water partition coefficient (Wildman–Crippen LogP) is 3.78. The van der Waals surface area contributed by atoms with Crippen molar-refractivity contribution in [3.05, 3.63) is 77.9 Å². The van der Waals surface area contributed by atoms with Crippen molar-refractivity contribution in [3.8, 4) is 17.2 Å². The van der Waals surface area contributed by atoms with Gasteiger partial charge in [0.1, 0.15) is 19.0 Å². The highest BCUT2D eigenvalue weighted by Gasteiger charge is 2.22. The van der Waals surface area contributed by atoms with E-state index in [0.29, 0.717) is 41.7 Å². The SMILES string of the molecule is COc1ccc(S(=O)(=O)N(C)c2ccc(C(=O)NC(C)c3ccc4c(c3)OCCO4)cc2)cc1. The number of amides is 1. The van der Waals surface area contributed by atoms with Crippen molar-refractivity contribution >= 4 is 21.6 Å². The van der Waals surface area contributed by atoms with E-state index in [-0.39, 0.29) is 16.8 Å². The zero-order chi connectivity index (χ0) is 24.3. The Morgan fingerprint density at radius 2 is 1.62 bits per heavy atom. The molecule has 0 aromatic heterocycles. The lowest BCUT2D eigenvalue weighted by Crippen LogP contribution is -2.28. The first-order valence-electron chi connectivity index (χ1n) is 10.7. The van der Waals surface area contributed by atoms with Gasteiger partial charge in [-0.05, 0) is 73.2 Å². The molecule has 34 heavy (non-hydrogen) atoms. The molecule has 0 fully saturated rings. The summed E-state index contributed by atoms with van der Waals surface area (Å²) in [5, 5.41) is 2.96. The first-order chi connectivity index (χ1) is 16.3. The number of methoxy groups -OCH3 is 1. The number of rotatable bonds is 7. The molecule has 3 aromatic carbocycles. The lowest BCUT2D eigenvalue weighted by atomic mass is 10.1. The highest BCUT2D eigenvalue weighted by atomic mass is 32.2. The summed E-state index contributed by atoms with van der Waals surface area (Å²) < 4.78 is 43.3. The number of sulfonamides is 1. The number of benzene rings is 3. The quantitative estimate of drug-likeness (QED) is 0.551. The molecule has 8 nitrogen and oxygen atoms in total. The van der Waals surface area contributed by atoms with Gasteiger partial charge in [-0.25, -0.2) is 8.42 Å². The summed E-state index contributed by atoms with van der Waals surface area (Å²) in [6.07, 6.45) is 0. The molecule has 1 N–H and O–H groups in total. The van der Waals surface area contributed by atoms with Crippen LogP contribution in [0.25, 0.3) is 0 Å². The summed E-state index contributed by atoms with van der Waals surface area (Å²) in [5.74, 6) is 1.66. The highest BCUT2D eigenvalue weighted by Crippen LogP contribution is 2.32. The summed E-state index contributed by atoms with van der Waals surface area (Å²) in [4.78, 5) is 12.9. The average molecular weight is 483 g/mol. The minimum absolute atomic E-state index is 0.144. The maximum Gasteiger partial charge on any atom is 0.264 e. The average Bonchev–Trinajstić information content (AvgIpc) is 2.88. The van der Waals surface area contributed by atoms with E-state index < -0.39 is 10.0 Å². The molecule has 1 unspecified atom stereocenters. The van der Waals surface area contributed by atoms with Crippen LogP contribution in [0.1, 0.15) is 28.9 Å². The molecule has 1 heterocycles. The van der Waals surface area contributed by atoms with Crippen LogP contribution in [-0.2, 0) is 10.0 Å². The van der Waals surface area contributed by atoms with E-state index in [0.717, 1.165) is 5.56 Å². The van der Waals surface area contributed by atoms with Gasteiger partial charge in [0.2, 0.25) is 0 Å². The van der Waals surface area contributed by atoms with Crippen molar-refractivity contribution in [3.63, 3.8) is 0 Å². The lowest BCUT2D eigenvalue weighted by molar-refractivity contribution is 0.0939. The summed E-state index contributed by atoms with van der Waals surface area (Å²) in [6.45, 7) is 2.89. The first-order valence-corrected chi connectivity index (χ1v) is 12.2. The Morgan fingerprint density at radius 3 is 2.26 bits per heavy atom. The second-order valence-electron chi connectivity index (χ2n) is 7.79. The number of nitrogens with one attached hydrogen (secondary N) is 1. The number of hydrogen-bond acceptors (Lipinski definition) is 6. The first kappa shape index (κ1) is 23.4. The third-order valence-electron chi connectivity index (χ3n) is 5.62. The van der Waals surface area contributed by atoms with Gasteiger partial charge in [-0.2, -0.15) is 0 Å². The van der Waals surface area contributed by atoms with Crippen LogP contribution in [-0.4, -0.2) is 41.7 Å². The molecule has 0 radical (unpaired) electrons. The number of fused-ring (bicyclic) bond motifs is 1. The zero-order valence-corrected chi connectivity index (χ0v) is 20.0. The predicted molar refractivity (Wildman–Crippen MR) is 128 cm³/mol. The Kier molecular flexibility index (Phi) is 6.65. The van der Waals surface area contributed by atoms with Crippen LogP contribution in [0.3, 0.4) is 0 Å². The number of anilines is 1. The van der Waals surface area contributed by atoms with Gasteiger partial charge in [0, 0.05) is 12.6 Å². The maximum absolute atomic E-state index is 12.9. The van der Waals surface area contributed by atoms with Crippen molar-refractivity contribution in [2.24, 2.45) is 0 Å². The normalized spacial score (nSPS) is 13.6. The van der Waals surface area contributed by atoms with Gasteiger partial charge in [-0.1, -0.05) is 6.07 Å². The van der Waals surface area contributed by atoms with Gasteiger partial charge in [0.05, 0.1) is 23.7 Å². The number of hydrogen-bond donors (Lipinski definition) is 1.